The van der Waals surface area contributed by atoms with E-state index in [0.29, 0.717) is 24.3 Å². The summed E-state index contributed by atoms with van der Waals surface area (Å²) in [7, 11) is 2.03. The van der Waals surface area contributed by atoms with Gasteiger partial charge in [0.1, 0.15) is 0 Å². The molecule has 3 amide bonds. The molecule has 4 rings (SSSR count). The number of nitrogens with one attached hydrogen (secondary N) is 1. The van der Waals surface area contributed by atoms with Crippen LogP contribution in [0.1, 0.15) is 24.2 Å². The second-order valence-corrected chi connectivity index (χ2v) is 8.30. The number of piperazine rings is 1. The molecule has 2 unspecified atom stereocenters. The number of rotatable bonds is 5. The van der Waals surface area contributed by atoms with E-state index >= 15 is 0 Å². The Morgan fingerprint density at radius 2 is 1.75 bits per heavy atom. The standard InChI is InChI=1S/C24H28N4O4/c1-17(29)25-20-10-6-9-19(15-20)22-21(23(30)27-13-11-26(2)12-14-27)28(24(31)32-22)16-18-7-4-3-5-8-18/h3-10,15,21-22H,11-14,16H2,1-2H3,(H,25,29). The Kier molecular flexibility index (Phi) is 6.41. The number of anilines is 1. The molecule has 0 saturated carbocycles. The molecule has 0 aliphatic carbocycles. The minimum atomic E-state index is -0.779. The molecule has 0 radical (unpaired) electrons. The van der Waals surface area contributed by atoms with Gasteiger partial charge in [-0.2, -0.15) is 0 Å². The summed E-state index contributed by atoms with van der Waals surface area (Å²) in [5.74, 6) is -0.309. The van der Waals surface area contributed by atoms with E-state index in [9.17, 15) is 14.4 Å². The highest BCUT2D eigenvalue weighted by Gasteiger charge is 2.48. The number of hydrogen-bond acceptors (Lipinski definition) is 5. The molecule has 32 heavy (non-hydrogen) atoms. The van der Waals surface area contributed by atoms with E-state index in [1.54, 1.807) is 18.2 Å². The molecular formula is C24H28N4O4. The van der Waals surface area contributed by atoms with E-state index < -0.39 is 18.2 Å². The van der Waals surface area contributed by atoms with E-state index in [0.717, 1.165) is 18.7 Å². The lowest BCUT2D eigenvalue weighted by Crippen LogP contribution is -2.54. The Morgan fingerprint density at radius 1 is 1.03 bits per heavy atom. The molecule has 2 aromatic rings. The number of nitrogens with zero attached hydrogens (tertiary/aromatic N) is 3. The van der Waals surface area contributed by atoms with Crippen LogP contribution in [0.2, 0.25) is 0 Å². The molecule has 2 aromatic carbocycles. The molecule has 1 N–H and O–H groups in total. The molecule has 8 nitrogen and oxygen atoms in total. The van der Waals surface area contributed by atoms with Gasteiger partial charge in [-0.05, 0) is 30.3 Å². The van der Waals surface area contributed by atoms with Gasteiger partial charge >= 0.3 is 6.09 Å². The summed E-state index contributed by atoms with van der Waals surface area (Å²) in [5, 5.41) is 2.75. The smallest absolute Gasteiger partial charge is 0.411 e. The number of hydrogen-bond donors (Lipinski definition) is 1. The van der Waals surface area contributed by atoms with Crippen LogP contribution in [0.25, 0.3) is 0 Å². The number of amides is 3. The molecule has 2 atom stereocenters. The average molecular weight is 437 g/mol. The molecule has 2 saturated heterocycles. The molecule has 8 heteroatoms. The Labute approximate surface area is 187 Å². The summed E-state index contributed by atoms with van der Waals surface area (Å²) in [6, 6.07) is 15.9. The molecule has 0 spiro atoms. The van der Waals surface area contributed by atoms with Crippen molar-refractivity contribution >= 4 is 23.6 Å². The lowest BCUT2D eigenvalue weighted by Gasteiger charge is -2.36. The summed E-state index contributed by atoms with van der Waals surface area (Å²) in [6.07, 6.45) is -1.27. The van der Waals surface area contributed by atoms with Crippen LogP contribution in [-0.4, -0.2) is 71.9 Å². The normalized spacial score (nSPS) is 21.4. The zero-order valence-corrected chi connectivity index (χ0v) is 18.4. The van der Waals surface area contributed by atoms with E-state index in [1.165, 1.54) is 11.8 Å². The Balaban J connectivity index is 1.66. The van der Waals surface area contributed by atoms with Crippen molar-refractivity contribution in [2.45, 2.75) is 25.6 Å². The third-order valence-corrected chi connectivity index (χ3v) is 5.88. The summed E-state index contributed by atoms with van der Waals surface area (Å²) in [6.45, 7) is 4.51. The van der Waals surface area contributed by atoms with Crippen LogP contribution >= 0.6 is 0 Å². The van der Waals surface area contributed by atoms with E-state index in [2.05, 4.69) is 10.2 Å². The monoisotopic (exact) mass is 436 g/mol. The van der Waals surface area contributed by atoms with Gasteiger partial charge in [0, 0.05) is 38.8 Å². The highest BCUT2D eigenvalue weighted by Crippen LogP contribution is 2.36. The van der Waals surface area contributed by atoms with Crippen LogP contribution in [0.15, 0.2) is 54.6 Å². The molecule has 2 aliphatic rings. The minimum Gasteiger partial charge on any atom is -0.438 e. The van der Waals surface area contributed by atoms with Crippen LogP contribution in [0.5, 0.6) is 0 Å². The van der Waals surface area contributed by atoms with Crippen LogP contribution in [0, 0.1) is 0 Å². The van der Waals surface area contributed by atoms with Gasteiger partial charge in [0.05, 0.1) is 6.54 Å². The van der Waals surface area contributed by atoms with Crippen molar-refractivity contribution in [1.82, 2.24) is 14.7 Å². The molecule has 0 aromatic heterocycles. The zero-order valence-electron chi connectivity index (χ0n) is 18.4. The number of cyclic esters (lactones) is 1. The SMILES string of the molecule is CC(=O)Nc1cccc(C2OC(=O)N(Cc3ccccc3)C2C(=O)N2CCN(C)CC2)c1. The second kappa shape index (κ2) is 9.40. The predicted octanol–water partition coefficient (Wildman–Crippen LogP) is 2.48. The summed E-state index contributed by atoms with van der Waals surface area (Å²) < 4.78 is 5.75. The van der Waals surface area contributed by atoms with Crippen LogP contribution in [0.3, 0.4) is 0 Å². The fourth-order valence-electron chi connectivity index (χ4n) is 4.18. The summed E-state index contributed by atoms with van der Waals surface area (Å²) in [4.78, 5) is 43.6. The Morgan fingerprint density at radius 3 is 2.44 bits per heavy atom. The first-order chi connectivity index (χ1) is 15.4. The third-order valence-electron chi connectivity index (χ3n) is 5.88. The van der Waals surface area contributed by atoms with Gasteiger partial charge in [0.2, 0.25) is 11.8 Å². The van der Waals surface area contributed by atoms with Gasteiger partial charge in [0.15, 0.2) is 12.1 Å². The molecule has 2 heterocycles. The maximum atomic E-state index is 13.7. The first-order valence-corrected chi connectivity index (χ1v) is 10.8. The van der Waals surface area contributed by atoms with E-state index in [-0.39, 0.29) is 18.4 Å². The van der Waals surface area contributed by atoms with Crippen LogP contribution < -0.4 is 5.32 Å². The van der Waals surface area contributed by atoms with Crippen molar-refractivity contribution in [3.05, 3.63) is 65.7 Å². The lowest BCUT2D eigenvalue weighted by molar-refractivity contribution is -0.138. The molecule has 168 valence electrons. The van der Waals surface area contributed by atoms with Crippen molar-refractivity contribution in [2.75, 3.05) is 38.5 Å². The number of carbonyl (C=O) groups is 3. The van der Waals surface area contributed by atoms with Gasteiger partial charge < -0.3 is 19.9 Å². The van der Waals surface area contributed by atoms with Crippen molar-refractivity contribution < 1.29 is 19.1 Å². The van der Waals surface area contributed by atoms with Gasteiger partial charge in [-0.15, -0.1) is 0 Å². The van der Waals surface area contributed by atoms with Crippen LogP contribution in [-0.2, 0) is 20.9 Å². The quantitative estimate of drug-likeness (QED) is 0.779. The maximum absolute atomic E-state index is 13.7. The lowest BCUT2D eigenvalue weighted by atomic mass is 9.99. The molecule has 2 aliphatic heterocycles. The third kappa shape index (κ3) is 4.75. The zero-order chi connectivity index (χ0) is 22.7. The van der Waals surface area contributed by atoms with Crippen LogP contribution in [0.4, 0.5) is 10.5 Å². The van der Waals surface area contributed by atoms with E-state index in [1.807, 2.05) is 48.3 Å². The van der Waals surface area contributed by atoms with Gasteiger partial charge in [-0.1, -0.05) is 42.5 Å². The minimum absolute atomic E-state index is 0.116. The molecular weight excluding hydrogens is 408 g/mol. The molecule has 2 fully saturated rings. The van der Waals surface area contributed by atoms with Gasteiger partial charge in [-0.3, -0.25) is 14.5 Å². The topological polar surface area (TPSA) is 82.2 Å². The van der Waals surface area contributed by atoms with E-state index in [4.69, 9.17) is 4.74 Å². The van der Waals surface area contributed by atoms with Crippen molar-refractivity contribution in [3.8, 4) is 0 Å². The van der Waals surface area contributed by atoms with Gasteiger partial charge in [0.25, 0.3) is 0 Å². The first-order valence-electron chi connectivity index (χ1n) is 10.8. The number of carbonyl (C=O) groups excluding carboxylic acids is 3. The number of benzene rings is 2. The summed E-state index contributed by atoms with van der Waals surface area (Å²) >= 11 is 0. The highest BCUT2D eigenvalue weighted by molar-refractivity contribution is 5.90. The van der Waals surface area contributed by atoms with Crippen molar-refractivity contribution in [3.63, 3.8) is 0 Å². The highest BCUT2D eigenvalue weighted by atomic mass is 16.6. The maximum Gasteiger partial charge on any atom is 0.411 e. The number of likely N-dealkylation sites (N-methyl/N-ethyl adjacent to an activating group) is 1. The largest absolute Gasteiger partial charge is 0.438 e. The molecule has 0 bridgehead atoms. The average Bonchev–Trinajstić information content (AvgIpc) is 3.10. The number of ether oxygens (including phenoxy) is 1. The van der Waals surface area contributed by atoms with Crippen molar-refractivity contribution in [1.29, 1.82) is 0 Å². The Hall–Kier alpha value is -3.39. The second-order valence-electron chi connectivity index (χ2n) is 8.30. The summed E-state index contributed by atoms with van der Waals surface area (Å²) in [5.41, 5.74) is 2.19. The fourth-order valence-corrected chi connectivity index (χ4v) is 4.18. The van der Waals surface area contributed by atoms with Gasteiger partial charge in [-0.25, -0.2) is 4.79 Å². The fraction of sp³-hybridized carbons (Fsp3) is 0.375. The Bertz CT molecular complexity index is 989. The predicted molar refractivity (Wildman–Crippen MR) is 120 cm³/mol. The first kappa shape index (κ1) is 21.8. The van der Waals surface area contributed by atoms with Crippen molar-refractivity contribution in [2.24, 2.45) is 0 Å².